The molecule has 0 aliphatic rings. The van der Waals surface area contributed by atoms with Crippen LogP contribution in [-0.4, -0.2) is 7.05 Å². The second kappa shape index (κ2) is 5.39. The van der Waals surface area contributed by atoms with Crippen LogP contribution in [0.15, 0.2) is 41.0 Å². The van der Waals surface area contributed by atoms with Crippen LogP contribution in [0.4, 0.5) is 0 Å². The fourth-order valence-electron chi connectivity index (χ4n) is 1.98. The van der Waals surface area contributed by atoms with Crippen LogP contribution < -0.4 is 5.32 Å². The van der Waals surface area contributed by atoms with E-state index in [-0.39, 0.29) is 6.04 Å². The lowest BCUT2D eigenvalue weighted by molar-refractivity contribution is 0.466. The van der Waals surface area contributed by atoms with Gasteiger partial charge in [-0.15, -0.1) is 0 Å². The van der Waals surface area contributed by atoms with Crippen LogP contribution in [0.3, 0.4) is 0 Å². The maximum Gasteiger partial charge on any atom is 0.105 e. The lowest BCUT2D eigenvalue weighted by Gasteiger charge is -2.16. The van der Waals surface area contributed by atoms with Crippen molar-refractivity contribution in [2.75, 3.05) is 7.05 Å². The lowest BCUT2D eigenvalue weighted by Crippen LogP contribution is -2.18. The van der Waals surface area contributed by atoms with Gasteiger partial charge in [0.2, 0.25) is 0 Å². The first-order valence-corrected chi connectivity index (χ1v) is 6.03. The highest BCUT2D eigenvalue weighted by Crippen LogP contribution is 2.23. The summed E-state index contributed by atoms with van der Waals surface area (Å²) in [7, 11) is 1.95. The minimum atomic E-state index is 0.221. The smallest absolute Gasteiger partial charge is 0.105 e. The molecule has 0 saturated heterocycles. The fourth-order valence-corrected chi connectivity index (χ4v) is 2.28. The number of furan rings is 1. The zero-order valence-electron chi connectivity index (χ0n) is 10.0. The largest absolute Gasteiger partial charge is 0.469 e. The van der Waals surface area contributed by atoms with Gasteiger partial charge in [-0.25, -0.2) is 0 Å². The molecule has 0 saturated carbocycles. The Bertz CT molecular complexity index is 459. The van der Waals surface area contributed by atoms with E-state index in [1.54, 1.807) is 6.26 Å². The van der Waals surface area contributed by atoms with Crippen molar-refractivity contribution in [3.8, 4) is 0 Å². The van der Waals surface area contributed by atoms with Crippen molar-refractivity contribution < 1.29 is 4.42 Å². The van der Waals surface area contributed by atoms with Gasteiger partial charge in [-0.2, -0.15) is 0 Å². The molecule has 0 aliphatic heterocycles. The third-order valence-electron chi connectivity index (χ3n) is 2.80. The highest BCUT2D eigenvalue weighted by molar-refractivity contribution is 6.30. The molecule has 1 heterocycles. The zero-order valence-corrected chi connectivity index (χ0v) is 10.8. The highest BCUT2D eigenvalue weighted by Gasteiger charge is 2.12. The maximum absolute atomic E-state index is 6.08. The number of nitrogens with one attached hydrogen (secondary N) is 1. The quantitative estimate of drug-likeness (QED) is 0.893. The van der Waals surface area contributed by atoms with Gasteiger partial charge < -0.3 is 9.73 Å². The minimum absolute atomic E-state index is 0.221. The van der Waals surface area contributed by atoms with E-state index in [1.807, 2.05) is 31.3 Å². The van der Waals surface area contributed by atoms with Crippen molar-refractivity contribution in [3.63, 3.8) is 0 Å². The third kappa shape index (κ3) is 3.11. The fraction of sp³-hybridized carbons (Fsp3) is 0.286. The van der Waals surface area contributed by atoms with Crippen LogP contribution >= 0.6 is 11.6 Å². The van der Waals surface area contributed by atoms with Crippen molar-refractivity contribution in [3.05, 3.63) is 58.5 Å². The van der Waals surface area contributed by atoms with Crippen molar-refractivity contribution in [2.45, 2.75) is 19.4 Å². The molecule has 0 fully saturated rings. The Labute approximate surface area is 107 Å². The Kier molecular flexibility index (Phi) is 3.87. The van der Waals surface area contributed by atoms with Gasteiger partial charge in [0.25, 0.3) is 0 Å². The average Bonchev–Trinajstić information content (AvgIpc) is 2.77. The van der Waals surface area contributed by atoms with Gasteiger partial charge in [0.05, 0.1) is 6.26 Å². The van der Waals surface area contributed by atoms with Crippen LogP contribution in [-0.2, 0) is 6.42 Å². The maximum atomic E-state index is 6.08. The molecular formula is C14H16ClNO. The summed E-state index contributed by atoms with van der Waals surface area (Å²) in [5, 5.41) is 4.07. The van der Waals surface area contributed by atoms with Crippen molar-refractivity contribution >= 4 is 11.6 Å². The van der Waals surface area contributed by atoms with E-state index in [4.69, 9.17) is 16.0 Å². The van der Waals surface area contributed by atoms with E-state index in [0.29, 0.717) is 0 Å². The topological polar surface area (TPSA) is 25.2 Å². The summed E-state index contributed by atoms with van der Waals surface area (Å²) in [6.07, 6.45) is 2.52. The Balaban J connectivity index is 2.22. The summed E-state index contributed by atoms with van der Waals surface area (Å²) >= 11 is 6.08. The number of halogens is 1. The number of rotatable bonds is 4. The van der Waals surface area contributed by atoms with Crippen LogP contribution in [0.2, 0.25) is 5.02 Å². The Hall–Kier alpha value is -1.25. The first-order chi connectivity index (χ1) is 8.19. The second-order valence-corrected chi connectivity index (χ2v) is 4.62. The van der Waals surface area contributed by atoms with Gasteiger partial charge >= 0.3 is 0 Å². The Morgan fingerprint density at radius 1 is 1.35 bits per heavy atom. The molecule has 3 heteroatoms. The highest BCUT2D eigenvalue weighted by atomic mass is 35.5. The van der Waals surface area contributed by atoms with Crippen LogP contribution in [0, 0.1) is 6.92 Å². The predicted molar refractivity (Wildman–Crippen MR) is 70.4 cm³/mol. The average molecular weight is 250 g/mol. The molecule has 2 rings (SSSR count). The number of likely N-dealkylation sites (N-methyl/N-ethyl adjacent to an activating group) is 1. The van der Waals surface area contributed by atoms with Gasteiger partial charge in [-0.05, 0) is 49.4 Å². The molecule has 1 atom stereocenters. The van der Waals surface area contributed by atoms with E-state index in [0.717, 1.165) is 17.2 Å². The molecule has 0 aliphatic carbocycles. The lowest BCUT2D eigenvalue weighted by atomic mass is 10.0. The Morgan fingerprint density at radius 2 is 2.18 bits per heavy atom. The molecule has 0 bridgehead atoms. The minimum Gasteiger partial charge on any atom is -0.469 e. The predicted octanol–water partition coefficient (Wildman–Crippen LogP) is 3.74. The molecule has 0 spiro atoms. The number of benzene rings is 1. The van der Waals surface area contributed by atoms with E-state index in [2.05, 4.69) is 18.3 Å². The molecule has 0 amide bonds. The number of hydrogen-bond acceptors (Lipinski definition) is 2. The monoisotopic (exact) mass is 249 g/mol. The van der Waals surface area contributed by atoms with Gasteiger partial charge in [0.15, 0.2) is 0 Å². The third-order valence-corrected chi connectivity index (χ3v) is 3.02. The van der Waals surface area contributed by atoms with E-state index in [9.17, 15) is 0 Å². The molecule has 1 aromatic heterocycles. The van der Waals surface area contributed by atoms with Gasteiger partial charge in [0, 0.05) is 17.5 Å². The number of aryl methyl sites for hydroxylation is 1. The molecule has 1 unspecified atom stereocenters. The van der Waals surface area contributed by atoms with Crippen LogP contribution in [0.5, 0.6) is 0 Å². The van der Waals surface area contributed by atoms with E-state index < -0.39 is 0 Å². The summed E-state index contributed by atoms with van der Waals surface area (Å²) in [5.41, 5.74) is 2.36. The molecule has 2 nitrogen and oxygen atoms in total. The van der Waals surface area contributed by atoms with Crippen molar-refractivity contribution in [1.29, 1.82) is 0 Å². The SMILES string of the molecule is CNC(Cc1ccco1)c1cc(C)cc(Cl)c1. The van der Waals surface area contributed by atoms with Gasteiger partial charge in [0.1, 0.15) is 5.76 Å². The Morgan fingerprint density at radius 3 is 2.76 bits per heavy atom. The summed E-state index contributed by atoms with van der Waals surface area (Å²) in [4.78, 5) is 0. The van der Waals surface area contributed by atoms with Gasteiger partial charge in [-0.1, -0.05) is 17.7 Å². The molecule has 17 heavy (non-hydrogen) atoms. The second-order valence-electron chi connectivity index (χ2n) is 4.19. The molecule has 0 radical (unpaired) electrons. The van der Waals surface area contributed by atoms with E-state index >= 15 is 0 Å². The van der Waals surface area contributed by atoms with Crippen LogP contribution in [0.1, 0.15) is 22.9 Å². The van der Waals surface area contributed by atoms with Crippen molar-refractivity contribution in [2.24, 2.45) is 0 Å². The summed E-state index contributed by atoms with van der Waals surface area (Å²) in [5.74, 6) is 0.974. The van der Waals surface area contributed by atoms with Crippen LogP contribution in [0.25, 0.3) is 0 Å². The standard InChI is InChI=1S/C14H16ClNO/c1-10-6-11(8-12(15)7-10)14(16-2)9-13-4-3-5-17-13/h3-8,14,16H,9H2,1-2H3. The summed E-state index contributed by atoms with van der Waals surface area (Å²) in [6, 6.07) is 10.2. The first kappa shape index (κ1) is 12.2. The number of hydrogen-bond donors (Lipinski definition) is 1. The molecule has 1 aromatic carbocycles. The molecular weight excluding hydrogens is 234 g/mol. The molecule has 90 valence electrons. The molecule has 2 aromatic rings. The van der Waals surface area contributed by atoms with Crippen molar-refractivity contribution in [1.82, 2.24) is 5.32 Å². The summed E-state index contributed by atoms with van der Waals surface area (Å²) < 4.78 is 5.37. The molecule has 1 N–H and O–H groups in total. The van der Waals surface area contributed by atoms with Gasteiger partial charge in [-0.3, -0.25) is 0 Å². The van der Waals surface area contributed by atoms with E-state index in [1.165, 1.54) is 11.1 Å². The summed E-state index contributed by atoms with van der Waals surface area (Å²) in [6.45, 7) is 2.05. The normalized spacial score (nSPS) is 12.6. The first-order valence-electron chi connectivity index (χ1n) is 5.66. The zero-order chi connectivity index (χ0) is 12.3.